The topological polar surface area (TPSA) is 65.1 Å². The van der Waals surface area contributed by atoms with Gasteiger partial charge in [0.2, 0.25) is 5.91 Å². The molecule has 1 aromatic carbocycles. The molecule has 2 fully saturated rings. The Hall–Kier alpha value is -1.92. The van der Waals surface area contributed by atoms with Crippen molar-refractivity contribution in [2.45, 2.75) is 44.4 Å². The van der Waals surface area contributed by atoms with E-state index in [9.17, 15) is 9.59 Å². The molecule has 2 saturated heterocycles. The van der Waals surface area contributed by atoms with Crippen molar-refractivity contribution < 1.29 is 23.8 Å². The van der Waals surface area contributed by atoms with Gasteiger partial charge < -0.3 is 14.2 Å². The van der Waals surface area contributed by atoms with Gasteiger partial charge in [0.05, 0.1) is 26.2 Å². The van der Waals surface area contributed by atoms with Crippen molar-refractivity contribution in [3.8, 4) is 0 Å². The first-order valence-electron chi connectivity index (χ1n) is 7.32. The van der Waals surface area contributed by atoms with E-state index in [-0.39, 0.29) is 18.2 Å². The van der Waals surface area contributed by atoms with E-state index in [1.165, 1.54) is 12.0 Å². The molecule has 0 spiro atoms. The number of hydrogen-bond donors (Lipinski definition) is 0. The van der Waals surface area contributed by atoms with Crippen LogP contribution in [0.15, 0.2) is 30.3 Å². The largest absolute Gasteiger partial charge is 0.467 e. The van der Waals surface area contributed by atoms with Gasteiger partial charge in [-0.1, -0.05) is 30.3 Å². The lowest BCUT2D eigenvalue weighted by molar-refractivity contribution is -0.164. The van der Waals surface area contributed by atoms with Crippen LogP contribution in [0.2, 0.25) is 0 Å². The van der Waals surface area contributed by atoms with E-state index >= 15 is 0 Å². The number of fused-ring (bicyclic) bond motifs is 1. The van der Waals surface area contributed by atoms with Crippen LogP contribution in [0, 0.1) is 0 Å². The van der Waals surface area contributed by atoms with Crippen molar-refractivity contribution in [3.05, 3.63) is 35.9 Å². The van der Waals surface area contributed by atoms with E-state index in [1.807, 2.05) is 37.3 Å². The number of benzene rings is 1. The molecule has 3 rings (SSSR count). The molecule has 1 aromatic rings. The highest BCUT2D eigenvalue weighted by Gasteiger charge is 2.57. The average molecular weight is 305 g/mol. The lowest BCUT2D eigenvalue weighted by Gasteiger charge is -2.35. The fourth-order valence-corrected chi connectivity index (χ4v) is 2.90. The summed E-state index contributed by atoms with van der Waals surface area (Å²) in [5.74, 6) is -0.547. The summed E-state index contributed by atoms with van der Waals surface area (Å²) in [5, 5.41) is 0. The fraction of sp³-hybridized carbons (Fsp3) is 0.500. The van der Waals surface area contributed by atoms with E-state index < -0.39 is 18.1 Å². The van der Waals surface area contributed by atoms with Crippen LogP contribution < -0.4 is 0 Å². The lowest BCUT2D eigenvalue weighted by Crippen LogP contribution is -2.56. The zero-order valence-electron chi connectivity index (χ0n) is 12.6. The predicted octanol–water partition coefficient (Wildman–Crippen LogP) is 1.09. The van der Waals surface area contributed by atoms with E-state index in [1.54, 1.807) is 0 Å². The zero-order valence-corrected chi connectivity index (χ0v) is 12.6. The number of carbonyl (C=O) groups is 2. The SMILES string of the molecule is COC(=O)C1C(C(C)OCc2ccccc2)OC2CC(=O)N21. The van der Waals surface area contributed by atoms with Crippen LogP contribution in [0.1, 0.15) is 18.9 Å². The van der Waals surface area contributed by atoms with Gasteiger partial charge in [0, 0.05) is 0 Å². The standard InChI is InChI=1S/C16H19NO5/c1-10(21-9-11-6-4-3-5-7-11)15-14(16(19)20-2)17-12(18)8-13(17)22-15/h3-7,10,13-15H,8-9H2,1-2H3. The van der Waals surface area contributed by atoms with Gasteiger partial charge in [0.15, 0.2) is 6.04 Å². The van der Waals surface area contributed by atoms with Gasteiger partial charge in [-0.05, 0) is 12.5 Å². The van der Waals surface area contributed by atoms with Gasteiger partial charge in [-0.25, -0.2) is 4.79 Å². The van der Waals surface area contributed by atoms with Crippen molar-refractivity contribution in [3.63, 3.8) is 0 Å². The van der Waals surface area contributed by atoms with Gasteiger partial charge in [0.1, 0.15) is 12.3 Å². The number of esters is 1. The summed E-state index contributed by atoms with van der Waals surface area (Å²) < 4.78 is 16.4. The number of rotatable bonds is 5. The summed E-state index contributed by atoms with van der Waals surface area (Å²) in [6, 6.07) is 9.04. The molecule has 0 aromatic heterocycles. The van der Waals surface area contributed by atoms with Crippen LogP contribution in [-0.2, 0) is 30.4 Å². The van der Waals surface area contributed by atoms with Crippen LogP contribution in [0.25, 0.3) is 0 Å². The molecule has 22 heavy (non-hydrogen) atoms. The van der Waals surface area contributed by atoms with Crippen LogP contribution in [-0.4, -0.2) is 48.4 Å². The maximum atomic E-state index is 12.0. The van der Waals surface area contributed by atoms with E-state index in [0.29, 0.717) is 13.0 Å². The second-order valence-electron chi connectivity index (χ2n) is 5.53. The molecule has 2 heterocycles. The molecule has 0 bridgehead atoms. The first-order chi connectivity index (χ1) is 10.6. The monoisotopic (exact) mass is 305 g/mol. The minimum Gasteiger partial charge on any atom is -0.467 e. The van der Waals surface area contributed by atoms with E-state index in [0.717, 1.165) is 5.56 Å². The molecule has 0 saturated carbocycles. The zero-order chi connectivity index (χ0) is 15.7. The third-order valence-electron chi connectivity index (χ3n) is 4.13. The van der Waals surface area contributed by atoms with Gasteiger partial charge in [0.25, 0.3) is 0 Å². The Morgan fingerprint density at radius 1 is 1.41 bits per heavy atom. The average Bonchev–Trinajstić information content (AvgIpc) is 2.85. The molecule has 2 aliphatic heterocycles. The third-order valence-corrected chi connectivity index (χ3v) is 4.13. The fourth-order valence-electron chi connectivity index (χ4n) is 2.90. The number of ether oxygens (including phenoxy) is 3. The van der Waals surface area contributed by atoms with E-state index in [4.69, 9.17) is 14.2 Å². The molecule has 4 unspecified atom stereocenters. The predicted molar refractivity (Wildman–Crippen MR) is 76.6 cm³/mol. The van der Waals surface area contributed by atoms with Crippen LogP contribution in [0.3, 0.4) is 0 Å². The second-order valence-corrected chi connectivity index (χ2v) is 5.53. The Labute approximate surface area is 128 Å². The highest BCUT2D eigenvalue weighted by molar-refractivity contribution is 5.90. The van der Waals surface area contributed by atoms with Crippen LogP contribution in [0.4, 0.5) is 0 Å². The van der Waals surface area contributed by atoms with Gasteiger partial charge in [-0.15, -0.1) is 0 Å². The number of nitrogens with zero attached hydrogens (tertiary/aromatic N) is 1. The minimum absolute atomic E-state index is 0.0850. The van der Waals surface area contributed by atoms with Crippen molar-refractivity contribution in [1.29, 1.82) is 0 Å². The van der Waals surface area contributed by atoms with Crippen LogP contribution in [0.5, 0.6) is 0 Å². The maximum absolute atomic E-state index is 12.0. The molecule has 2 aliphatic rings. The molecule has 118 valence electrons. The molecule has 0 N–H and O–H groups in total. The molecule has 6 heteroatoms. The van der Waals surface area contributed by atoms with E-state index in [2.05, 4.69) is 0 Å². The number of methoxy groups -OCH3 is 1. The maximum Gasteiger partial charge on any atom is 0.331 e. The van der Waals surface area contributed by atoms with Gasteiger partial charge >= 0.3 is 5.97 Å². The number of amides is 1. The third kappa shape index (κ3) is 2.60. The Morgan fingerprint density at radius 2 is 2.14 bits per heavy atom. The first kappa shape index (κ1) is 15.0. The molecular weight excluding hydrogens is 286 g/mol. The molecule has 0 radical (unpaired) electrons. The number of hydrogen-bond acceptors (Lipinski definition) is 5. The van der Waals surface area contributed by atoms with Crippen molar-refractivity contribution in [2.75, 3.05) is 7.11 Å². The summed E-state index contributed by atoms with van der Waals surface area (Å²) in [4.78, 5) is 25.1. The Morgan fingerprint density at radius 3 is 2.77 bits per heavy atom. The highest BCUT2D eigenvalue weighted by Crippen LogP contribution is 2.36. The summed E-state index contributed by atoms with van der Waals surface area (Å²) in [7, 11) is 1.31. The Balaban J connectivity index is 1.66. The van der Waals surface area contributed by atoms with Crippen molar-refractivity contribution in [1.82, 2.24) is 4.90 Å². The first-order valence-corrected chi connectivity index (χ1v) is 7.32. The highest BCUT2D eigenvalue weighted by atomic mass is 16.6. The number of β-lactam (4-membered cyclic amide) rings is 1. The summed E-state index contributed by atoms with van der Waals surface area (Å²) >= 11 is 0. The number of carbonyl (C=O) groups excluding carboxylic acids is 2. The summed E-state index contributed by atoms with van der Waals surface area (Å²) in [6.07, 6.45) is -0.852. The Kier molecular flexibility index (Phi) is 4.13. The smallest absolute Gasteiger partial charge is 0.331 e. The normalized spacial score (nSPS) is 28.0. The summed E-state index contributed by atoms with van der Waals surface area (Å²) in [6.45, 7) is 2.27. The Bertz CT molecular complexity index is 561. The van der Waals surface area contributed by atoms with Gasteiger partial charge in [-0.2, -0.15) is 0 Å². The van der Waals surface area contributed by atoms with Crippen molar-refractivity contribution in [2.24, 2.45) is 0 Å². The van der Waals surface area contributed by atoms with Crippen molar-refractivity contribution >= 4 is 11.9 Å². The molecule has 4 atom stereocenters. The minimum atomic E-state index is -0.720. The van der Waals surface area contributed by atoms with Crippen LogP contribution >= 0.6 is 0 Å². The van der Waals surface area contributed by atoms with Gasteiger partial charge in [-0.3, -0.25) is 9.69 Å². The molecule has 0 aliphatic carbocycles. The molecule has 6 nitrogen and oxygen atoms in total. The lowest BCUT2D eigenvalue weighted by atomic mass is 10.0. The molecule has 1 amide bonds. The summed E-state index contributed by atoms with van der Waals surface area (Å²) in [5.41, 5.74) is 1.04. The molecular formula is C16H19NO5. The quantitative estimate of drug-likeness (QED) is 0.602. The second kappa shape index (κ2) is 6.06.